The number of aliphatic hydroxyl groups is 1. The fourth-order valence-electron chi connectivity index (χ4n) is 2.18. The summed E-state index contributed by atoms with van der Waals surface area (Å²) in [5.41, 5.74) is 4.35. The third kappa shape index (κ3) is 3.36. The Labute approximate surface area is 114 Å². The fraction of sp³-hybridized carbons (Fsp3) is 0.294. The van der Waals surface area contributed by atoms with Gasteiger partial charge >= 0.3 is 0 Å². The Bertz CT molecular complexity index is 544. The van der Waals surface area contributed by atoms with E-state index in [1.807, 2.05) is 50.2 Å². The summed E-state index contributed by atoms with van der Waals surface area (Å²) in [6, 6.07) is 14.0. The lowest BCUT2D eigenvalue weighted by Gasteiger charge is -2.14. The number of aryl methyl sites for hydroxylation is 2. The van der Waals surface area contributed by atoms with E-state index in [1.54, 1.807) is 7.11 Å². The summed E-state index contributed by atoms with van der Waals surface area (Å²) in [4.78, 5) is 0. The number of methoxy groups -OCH3 is 1. The Balaban J connectivity index is 2.20. The number of hydrogen-bond donors (Lipinski definition) is 1. The predicted molar refractivity (Wildman–Crippen MR) is 77.6 cm³/mol. The van der Waals surface area contributed by atoms with Crippen LogP contribution in [0.4, 0.5) is 0 Å². The van der Waals surface area contributed by atoms with Gasteiger partial charge < -0.3 is 9.84 Å². The van der Waals surface area contributed by atoms with Crippen molar-refractivity contribution in [3.8, 4) is 5.75 Å². The van der Waals surface area contributed by atoms with Crippen LogP contribution in [0.25, 0.3) is 0 Å². The molecule has 100 valence electrons. The molecule has 0 radical (unpaired) electrons. The van der Waals surface area contributed by atoms with Crippen LogP contribution in [0.2, 0.25) is 0 Å². The van der Waals surface area contributed by atoms with E-state index in [9.17, 15) is 5.11 Å². The van der Waals surface area contributed by atoms with Gasteiger partial charge in [-0.25, -0.2) is 0 Å². The molecule has 0 amide bonds. The van der Waals surface area contributed by atoms with Crippen molar-refractivity contribution >= 4 is 0 Å². The van der Waals surface area contributed by atoms with Gasteiger partial charge in [0, 0.05) is 6.42 Å². The molecule has 2 nitrogen and oxygen atoms in total. The highest BCUT2D eigenvalue weighted by atomic mass is 16.5. The molecule has 2 heteroatoms. The second-order valence-electron chi connectivity index (χ2n) is 4.95. The van der Waals surface area contributed by atoms with Gasteiger partial charge in [-0.15, -0.1) is 0 Å². The minimum atomic E-state index is -0.503. The lowest BCUT2D eigenvalue weighted by Crippen LogP contribution is -2.03. The number of benzene rings is 2. The SMILES string of the molecule is COc1ccc(C)cc1CC(O)c1ccc(C)cc1. The van der Waals surface area contributed by atoms with Crippen molar-refractivity contribution in [3.63, 3.8) is 0 Å². The van der Waals surface area contributed by atoms with Gasteiger partial charge in [0.25, 0.3) is 0 Å². The Morgan fingerprint density at radius 3 is 2.26 bits per heavy atom. The number of ether oxygens (including phenoxy) is 1. The zero-order chi connectivity index (χ0) is 13.8. The van der Waals surface area contributed by atoms with Crippen molar-refractivity contribution < 1.29 is 9.84 Å². The van der Waals surface area contributed by atoms with Gasteiger partial charge in [-0.1, -0.05) is 47.5 Å². The maximum atomic E-state index is 10.3. The summed E-state index contributed by atoms with van der Waals surface area (Å²) in [6.07, 6.45) is 0.0600. The van der Waals surface area contributed by atoms with Crippen LogP contribution >= 0.6 is 0 Å². The Morgan fingerprint density at radius 2 is 1.63 bits per heavy atom. The van der Waals surface area contributed by atoms with Crippen LogP contribution < -0.4 is 4.74 Å². The van der Waals surface area contributed by atoms with Crippen molar-refractivity contribution in [3.05, 3.63) is 64.7 Å². The van der Waals surface area contributed by atoms with E-state index in [0.717, 1.165) is 16.9 Å². The predicted octanol–water partition coefficient (Wildman–Crippen LogP) is 3.59. The molecule has 0 aliphatic heterocycles. The van der Waals surface area contributed by atoms with Crippen molar-refractivity contribution in [2.24, 2.45) is 0 Å². The zero-order valence-electron chi connectivity index (χ0n) is 11.7. The molecule has 0 fully saturated rings. The van der Waals surface area contributed by atoms with Crippen molar-refractivity contribution in [2.75, 3.05) is 7.11 Å². The average Bonchev–Trinajstić information content (AvgIpc) is 2.39. The Kier molecular flexibility index (Phi) is 4.23. The van der Waals surface area contributed by atoms with Crippen LogP contribution in [0.1, 0.15) is 28.4 Å². The van der Waals surface area contributed by atoms with Crippen LogP contribution in [0.15, 0.2) is 42.5 Å². The second-order valence-corrected chi connectivity index (χ2v) is 4.95. The monoisotopic (exact) mass is 256 g/mol. The highest BCUT2D eigenvalue weighted by Gasteiger charge is 2.12. The maximum Gasteiger partial charge on any atom is 0.122 e. The van der Waals surface area contributed by atoms with Crippen molar-refractivity contribution in [1.82, 2.24) is 0 Å². The van der Waals surface area contributed by atoms with Crippen molar-refractivity contribution in [2.45, 2.75) is 26.4 Å². The van der Waals surface area contributed by atoms with Gasteiger partial charge in [-0.2, -0.15) is 0 Å². The molecule has 1 N–H and O–H groups in total. The quantitative estimate of drug-likeness (QED) is 0.906. The maximum absolute atomic E-state index is 10.3. The fourth-order valence-corrected chi connectivity index (χ4v) is 2.18. The number of rotatable bonds is 4. The first kappa shape index (κ1) is 13.6. The van der Waals surface area contributed by atoms with Crippen LogP contribution in [0, 0.1) is 13.8 Å². The number of aliphatic hydroxyl groups excluding tert-OH is 1. The van der Waals surface area contributed by atoms with E-state index in [0.29, 0.717) is 6.42 Å². The molecule has 2 aromatic carbocycles. The third-order valence-corrected chi connectivity index (χ3v) is 3.31. The van der Waals surface area contributed by atoms with E-state index in [1.165, 1.54) is 11.1 Å². The van der Waals surface area contributed by atoms with E-state index >= 15 is 0 Å². The summed E-state index contributed by atoms with van der Waals surface area (Å²) in [5, 5.41) is 10.3. The van der Waals surface area contributed by atoms with Gasteiger partial charge in [0.2, 0.25) is 0 Å². The largest absolute Gasteiger partial charge is 0.496 e. The standard InChI is InChI=1S/C17H20O2/c1-12-4-7-14(8-5-12)16(18)11-15-10-13(2)6-9-17(15)19-3/h4-10,16,18H,11H2,1-3H3. The third-order valence-electron chi connectivity index (χ3n) is 3.31. The molecule has 0 bridgehead atoms. The molecule has 2 rings (SSSR count). The lowest BCUT2D eigenvalue weighted by atomic mass is 9.99. The molecule has 1 atom stereocenters. The molecular formula is C17H20O2. The minimum absolute atomic E-state index is 0.503. The first-order valence-electron chi connectivity index (χ1n) is 6.48. The smallest absolute Gasteiger partial charge is 0.122 e. The average molecular weight is 256 g/mol. The Morgan fingerprint density at radius 1 is 1.00 bits per heavy atom. The van der Waals surface area contributed by atoms with Gasteiger partial charge in [0.05, 0.1) is 13.2 Å². The minimum Gasteiger partial charge on any atom is -0.496 e. The normalized spacial score (nSPS) is 12.2. The molecule has 0 aromatic heterocycles. The van der Waals surface area contributed by atoms with Crippen LogP contribution in [-0.4, -0.2) is 12.2 Å². The van der Waals surface area contributed by atoms with Gasteiger partial charge in [-0.05, 0) is 31.0 Å². The summed E-state index contributed by atoms with van der Waals surface area (Å²) in [5.74, 6) is 0.830. The zero-order valence-corrected chi connectivity index (χ0v) is 11.7. The molecule has 0 heterocycles. The van der Waals surface area contributed by atoms with E-state index < -0.39 is 6.10 Å². The van der Waals surface area contributed by atoms with Gasteiger partial charge in [-0.3, -0.25) is 0 Å². The molecule has 0 saturated heterocycles. The molecule has 2 aromatic rings. The highest BCUT2D eigenvalue weighted by molar-refractivity contribution is 5.38. The van der Waals surface area contributed by atoms with Crippen LogP contribution in [0.3, 0.4) is 0 Å². The second kappa shape index (κ2) is 5.89. The van der Waals surface area contributed by atoms with E-state index in [4.69, 9.17) is 4.74 Å². The lowest BCUT2D eigenvalue weighted by molar-refractivity contribution is 0.177. The van der Waals surface area contributed by atoms with Gasteiger partial charge in [0.15, 0.2) is 0 Å². The summed E-state index contributed by atoms with van der Waals surface area (Å²) in [7, 11) is 1.66. The molecule has 0 spiro atoms. The molecule has 0 aliphatic rings. The summed E-state index contributed by atoms with van der Waals surface area (Å²) >= 11 is 0. The van der Waals surface area contributed by atoms with Gasteiger partial charge in [0.1, 0.15) is 5.75 Å². The summed E-state index contributed by atoms with van der Waals surface area (Å²) < 4.78 is 5.35. The van der Waals surface area contributed by atoms with Crippen LogP contribution in [-0.2, 0) is 6.42 Å². The Hall–Kier alpha value is -1.80. The molecular weight excluding hydrogens is 236 g/mol. The first-order chi connectivity index (χ1) is 9.10. The van der Waals surface area contributed by atoms with E-state index in [2.05, 4.69) is 6.07 Å². The molecule has 1 unspecified atom stereocenters. The molecule has 0 saturated carbocycles. The molecule has 0 aliphatic carbocycles. The van der Waals surface area contributed by atoms with Crippen LogP contribution in [0.5, 0.6) is 5.75 Å². The van der Waals surface area contributed by atoms with E-state index in [-0.39, 0.29) is 0 Å². The van der Waals surface area contributed by atoms with Crippen molar-refractivity contribution in [1.29, 1.82) is 0 Å². The molecule has 19 heavy (non-hydrogen) atoms. The first-order valence-corrected chi connectivity index (χ1v) is 6.48. The number of hydrogen-bond acceptors (Lipinski definition) is 2. The highest BCUT2D eigenvalue weighted by Crippen LogP contribution is 2.26. The topological polar surface area (TPSA) is 29.5 Å². The summed E-state index contributed by atoms with van der Waals surface area (Å²) in [6.45, 7) is 4.08.